The minimum atomic E-state index is -4.74. The first-order valence-corrected chi connectivity index (χ1v) is 11.3. The molecule has 3 aromatic rings. The van der Waals surface area contributed by atoms with E-state index < -0.39 is 47.2 Å². The molecule has 0 heterocycles. The summed E-state index contributed by atoms with van der Waals surface area (Å²) in [6, 6.07) is 15.1. The van der Waals surface area contributed by atoms with Crippen molar-refractivity contribution in [3.8, 4) is 11.5 Å². The molecule has 0 spiro atoms. The van der Waals surface area contributed by atoms with Crippen molar-refractivity contribution >= 4 is 35.1 Å². The van der Waals surface area contributed by atoms with Gasteiger partial charge in [-0.2, -0.15) is 13.2 Å². The van der Waals surface area contributed by atoms with Gasteiger partial charge in [-0.15, -0.1) is 0 Å². The van der Waals surface area contributed by atoms with Gasteiger partial charge in [0.05, 0.1) is 24.8 Å². The molecule has 0 unspecified atom stereocenters. The van der Waals surface area contributed by atoms with Crippen molar-refractivity contribution in [3.05, 3.63) is 88.4 Å². The van der Waals surface area contributed by atoms with Gasteiger partial charge in [-0.25, -0.2) is 0 Å². The minimum absolute atomic E-state index is 0.177. The number of anilines is 1. The Morgan fingerprint density at radius 2 is 1.61 bits per heavy atom. The number of halogens is 4. The van der Waals surface area contributed by atoms with E-state index in [9.17, 15) is 27.6 Å². The third kappa shape index (κ3) is 7.16. The van der Waals surface area contributed by atoms with Gasteiger partial charge < -0.3 is 24.8 Å². The molecule has 0 aromatic heterocycles. The van der Waals surface area contributed by atoms with E-state index in [1.54, 1.807) is 18.2 Å². The van der Waals surface area contributed by atoms with E-state index in [4.69, 9.17) is 25.8 Å². The second-order valence-corrected chi connectivity index (χ2v) is 8.12. The number of hydrogen-bond acceptors (Lipinski definition) is 6. The first-order chi connectivity index (χ1) is 18.0. The zero-order valence-electron chi connectivity index (χ0n) is 20.1. The van der Waals surface area contributed by atoms with Crippen molar-refractivity contribution in [1.82, 2.24) is 5.32 Å². The molecule has 3 aromatic carbocycles. The number of ether oxygens (including phenoxy) is 3. The standard InChI is InChI=1S/C26H22ClF3N2O6/c1-36-20-11-8-16(12-21(20)37-2)24(34)31-14-22(33)38-23(15-6-4-3-5-7-15)25(35)32-17-9-10-19(27)18(13-17)26(28,29)30/h3-13,23H,14H2,1-2H3,(H,31,34)(H,32,35)/t23-/m0/s1. The Labute approximate surface area is 220 Å². The van der Waals surface area contributed by atoms with Crippen LogP contribution in [0.15, 0.2) is 66.7 Å². The van der Waals surface area contributed by atoms with Crippen LogP contribution in [-0.2, 0) is 20.5 Å². The number of methoxy groups -OCH3 is 2. The van der Waals surface area contributed by atoms with Crippen LogP contribution in [0.4, 0.5) is 18.9 Å². The number of nitrogens with one attached hydrogen (secondary N) is 2. The summed E-state index contributed by atoms with van der Waals surface area (Å²) in [5.41, 5.74) is -0.904. The Balaban J connectivity index is 1.72. The quantitative estimate of drug-likeness (QED) is 0.362. The lowest BCUT2D eigenvalue weighted by Gasteiger charge is -2.19. The molecule has 0 radical (unpaired) electrons. The van der Waals surface area contributed by atoms with E-state index in [1.165, 1.54) is 50.6 Å². The summed E-state index contributed by atoms with van der Waals surface area (Å²) < 4.78 is 55.2. The van der Waals surface area contributed by atoms with Gasteiger partial charge in [0.25, 0.3) is 11.8 Å². The highest BCUT2D eigenvalue weighted by Gasteiger charge is 2.34. The fourth-order valence-corrected chi connectivity index (χ4v) is 3.56. The van der Waals surface area contributed by atoms with Crippen LogP contribution in [0.1, 0.15) is 27.6 Å². The molecule has 0 bridgehead atoms. The van der Waals surface area contributed by atoms with Gasteiger partial charge in [-0.05, 0) is 36.4 Å². The number of hydrogen-bond donors (Lipinski definition) is 2. The summed E-state index contributed by atoms with van der Waals surface area (Å²) >= 11 is 5.63. The van der Waals surface area contributed by atoms with Crippen molar-refractivity contribution in [2.75, 3.05) is 26.1 Å². The van der Waals surface area contributed by atoms with E-state index in [1.807, 2.05) is 0 Å². The summed E-state index contributed by atoms with van der Waals surface area (Å²) in [5, 5.41) is 4.16. The lowest BCUT2D eigenvalue weighted by atomic mass is 10.1. The maximum Gasteiger partial charge on any atom is 0.417 e. The average Bonchev–Trinajstić information content (AvgIpc) is 2.90. The fourth-order valence-electron chi connectivity index (χ4n) is 3.33. The molecule has 0 fully saturated rings. The molecule has 0 aliphatic carbocycles. The van der Waals surface area contributed by atoms with Crippen LogP contribution in [-0.4, -0.2) is 38.5 Å². The van der Waals surface area contributed by atoms with E-state index in [-0.39, 0.29) is 16.8 Å². The van der Waals surface area contributed by atoms with Crippen LogP contribution in [0.3, 0.4) is 0 Å². The van der Waals surface area contributed by atoms with Gasteiger partial charge in [0.2, 0.25) is 6.10 Å². The molecule has 0 aliphatic rings. The van der Waals surface area contributed by atoms with Crippen LogP contribution >= 0.6 is 11.6 Å². The summed E-state index contributed by atoms with van der Waals surface area (Å²) in [4.78, 5) is 38.0. The molecule has 0 saturated heterocycles. The normalized spacial score (nSPS) is 11.7. The number of carbonyl (C=O) groups excluding carboxylic acids is 3. The van der Waals surface area contributed by atoms with Crippen molar-refractivity contribution in [1.29, 1.82) is 0 Å². The second kappa shape index (κ2) is 12.3. The van der Waals surface area contributed by atoms with E-state index in [0.29, 0.717) is 17.6 Å². The topological polar surface area (TPSA) is 103 Å². The molecule has 2 N–H and O–H groups in total. The zero-order valence-corrected chi connectivity index (χ0v) is 20.9. The Morgan fingerprint density at radius 1 is 0.921 bits per heavy atom. The molecular formula is C26H22ClF3N2O6. The third-order valence-corrected chi connectivity index (χ3v) is 5.50. The van der Waals surface area contributed by atoms with Crippen LogP contribution in [0.2, 0.25) is 5.02 Å². The van der Waals surface area contributed by atoms with Crippen LogP contribution < -0.4 is 20.1 Å². The van der Waals surface area contributed by atoms with Crippen LogP contribution in [0.5, 0.6) is 11.5 Å². The monoisotopic (exact) mass is 550 g/mol. The Bertz CT molecular complexity index is 1320. The first-order valence-electron chi connectivity index (χ1n) is 11.0. The molecule has 2 amide bonds. The number of esters is 1. The predicted octanol–water partition coefficient (Wildman–Crippen LogP) is 5.03. The van der Waals surface area contributed by atoms with Gasteiger partial charge in [-0.1, -0.05) is 41.9 Å². The molecule has 200 valence electrons. The van der Waals surface area contributed by atoms with Crippen LogP contribution in [0.25, 0.3) is 0 Å². The molecule has 38 heavy (non-hydrogen) atoms. The number of rotatable bonds is 9. The van der Waals surface area contributed by atoms with Crippen molar-refractivity contribution < 1.29 is 41.8 Å². The smallest absolute Gasteiger partial charge is 0.417 e. The molecule has 1 atom stereocenters. The summed E-state index contributed by atoms with van der Waals surface area (Å²) in [7, 11) is 2.84. The van der Waals surface area contributed by atoms with Gasteiger partial charge >= 0.3 is 12.1 Å². The van der Waals surface area contributed by atoms with E-state index >= 15 is 0 Å². The highest BCUT2D eigenvalue weighted by Crippen LogP contribution is 2.36. The van der Waals surface area contributed by atoms with Gasteiger partial charge in [-0.3, -0.25) is 14.4 Å². The SMILES string of the molecule is COc1ccc(C(=O)NCC(=O)O[C@H](C(=O)Nc2ccc(Cl)c(C(F)(F)F)c2)c2ccccc2)cc1OC. The molecule has 12 heteroatoms. The predicted molar refractivity (Wildman–Crippen MR) is 132 cm³/mol. The lowest BCUT2D eigenvalue weighted by Crippen LogP contribution is -2.33. The first kappa shape index (κ1) is 28.3. The molecule has 8 nitrogen and oxygen atoms in total. The second-order valence-electron chi connectivity index (χ2n) is 7.71. The highest BCUT2D eigenvalue weighted by atomic mass is 35.5. The zero-order chi connectivity index (χ0) is 27.9. The Morgan fingerprint density at radius 3 is 2.24 bits per heavy atom. The van der Waals surface area contributed by atoms with Crippen molar-refractivity contribution in [2.24, 2.45) is 0 Å². The summed E-state index contributed by atoms with van der Waals surface area (Å²) in [6.07, 6.45) is -6.26. The van der Waals surface area contributed by atoms with Crippen molar-refractivity contribution in [2.45, 2.75) is 12.3 Å². The van der Waals surface area contributed by atoms with E-state index in [2.05, 4.69) is 10.6 Å². The number of amides is 2. The third-order valence-electron chi connectivity index (χ3n) is 5.17. The van der Waals surface area contributed by atoms with Crippen molar-refractivity contribution in [3.63, 3.8) is 0 Å². The highest BCUT2D eigenvalue weighted by molar-refractivity contribution is 6.31. The minimum Gasteiger partial charge on any atom is -0.493 e. The maximum absolute atomic E-state index is 13.2. The van der Waals surface area contributed by atoms with E-state index in [0.717, 1.165) is 6.07 Å². The summed E-state index contributed by atoms with van der Waals surface area (Å²) in [5.74, 6) is -1.78. The van der Waals surface area contributed by atoms with Gasteiger partial charge in [0, 0.05) is 16.8 Å². The molecule has 3 rings (SSSR count). The van der Waals surface area contributed by atoms with Gasteiger partial charge in [0.15, 0.2) is 11.5 Å². The average molecular weight is 551 g/mol. The van der Waals surface area contributed by atoms with Crippen LogP contribution in [0, 0.1) is 0 Å². The molecular weight excluding hydrogens is 529 g/mol. The Hall–Kier alpha value is -4.25. The largest absolute Gasteiger partial charge is 0.493 e. The summed E-state index contributed by atoms with van der Waals surface area (Å²) in [6.45, 7) is -0.594. The number of carbonyl (C=O) groups is 3. The number of benzene rings is 3. The maximum atomic E-state index is 13.2. The van der Waals surface area contributed by atoms with Gasteiger partial charge in [0.1, 0.15) is 6.54 Å². The molecule has 0 saturated carbocycles. The Kier molecular flexibility index (Phi) is 9.19. The lowest BCUT2D eigenvalue weighted by molar-refractivity contribution is -0.153. The number of alkyl halides is 3. The fraction of sp³-hybridized carbons (Fsp3) is 0.192. The molecule has 0 aliphatic heterocycles.